The molecule has 0 amide bonds. The van der Waals surface area contributed by atoms with Gasteiger partial charge in [0.25, 0.3) is 0 Å². The molecule has 10 heavy (non-hydrogen) atoms. The second-order valence-electron chi connectivity index (χ2n) is 1.32. The number of hydrogen-bond donors (Lipinski definition) is 0. The predicted octanol–water partition coefficient (Wildman–Crippen LogP) is 2.68. The van der Waals surface area contributed by atoms with Gasteiger partial charge in [0.05, 0.1) is 0 Å². The van der Waals surface area contributed by atoms with Gasteiger partial charge in [0, 0.05) is 12.1 Å². The molecule has 0 unspecified atom stereocenters. The summed E-state index contributed by atoms with van der Waals surface area (Å²) in [6.07, 6.45) is -3.53. The van der Waals surface area contributed by atoms with Crippen molar-refractivity contribution in [2.75, 3.05) is 0 Å². The minimum absolute atomic E-state index is 0.178. The fraction of sp³-hybridized carbons (Fsp3) is 1.00. The molecular weight excluding hydrogens is 166 g/mol. The Bertz CT molecular complexity index is 67.9. The van der Waals surface area contributed by atoms with Gasteiger partial charge < -0.3 is 0 Å². The van der Waals surface area contributed by atoms with Crippen LogP contribution in [0.1, 0.15) is 6.92 Å². The molecule has 0 fully saturated rings. The zero-order valence-electron chi connectivity index (χ0n) is 4.75. The topological polar surface area (TPSA) is 9.23 Å². The third kappa shape index (κ3) is 10.5. The summed E-state index contributed by atoms with van der Waals surface area (Å²) in [6.45, 7) is 0.178. The molecule has 0 saturated heterocycles. The van der Waals surface area contributed by atoms with Crippen molar-refractivity contribution in [1.82, 2.24) is 0 Å². The monoisotopic (exact) mass is 170 g/mol. The molecule has 0 aliphatic heterocycles. The van der Waals surface area contributed by atoms with Crippen LogP contribution in [0, 0.1) is 0 Å². The van der Waals surface area contributed by atoms with E-state index < -0.39 is 12.3 Å². The van der Waals surface area contributed by atoms with Crippen LogP contribution in [0.25, 0.3) is 0 Å². The zero-order chi connectivity index (χ0) is 8.78. The molecule has 1 nitrogen and oxygen atoms in total. The lowest BCUT2D eigenvalue weighted by molar-refractivity contribution is -0.317. The van der Waals surface area contributed by atoms with Crippen molar-refractivity contribution in [2.24, 2.45) is 0 Å². The third-order valence-corrected chi connectivity index (χ3v) is 0.383. The molecule has 0 aliphatic carbocycles. The van der Waals surface area contributed by atoms with E-state index in [1.807, 2.05) is 0 Å². The molecule has 0 N–H and O–H groups in total. The first kappa shape index (κ1) is 12.2. The standard InChI is InChI=1S/C3H4F4.F2O/c1-3(6,7)2(4)5;1-3-2/h2H,1H3;. The van der Waals surface area contributed by atoms with Crippen LogP contribution in [0.2, 0.25) is 0 Å². The smallest absolute Gasteiger partial charge is 0.204 e. The molecule has 64 valence electrons. The van der Waals surface area contributed by atoms with E-state index in [1.54, 1.807) is 0 Å². The Morgan fingerprint density at radius 1 is 1.20 bits per heavy atom. The molecular formula is C3H4F6O. The van der Waals surface area contributed by atoms with E-state index in [1.165, 1.54) is 5.15 Å². The van der Waals surface area contributed by atoms with Crippen molar-refractivity contribution in [3.05, 3.63) is 0 Å². The molecule has 0 heterocycles. The maximum Gasteiger partial charge on any atom is 0.304 e. The highest BCUT2D eigenvalue weighted by molar-refractivity contribution is 4.58. The Morgan fingerprint density at radius 2 is 1.30 bits per heavy atom. The van der Waals surface area contributed by atoms with Crippen molar-refractivity contribution in [1.29, 1.82) is 0 Å². The van der Waals surface area contributed by atoms with Gasteiger partial charge in [-0.1, -0.05) is 0 Å². The van der Waals surface area contributed by atoms with Crippen molar-refractivity contribution >= 4 is 0 Å². The Labute approximate surface area is 52.4 Å². The van der Waals surface area contributed by atoms with Gasteiger partial charge in [-0.05, 0) is 9.05 Å². The van der Waals surface area contributed by atoms with Gasteiger partial charge in [-0.25, -0.2) is 17.6 Å². The molecule has 0 rings (SSSR count). The molecule has 0 atom stereocenters. The van der Waals surface area contributed by atoms with Crippen molar-refractivity contribution < 1.29 is 31.8 Å². The second kappa shape index (κ2) is 5.33. The van der Waals surface area contributed by atoms with Crippen LogP contribution in [0.4, 0.5) is 26.6 Å². The molecule has 0 aromatic carbocycles. The van der Waals surface area contributed by atoms with Crippen LogP contribution < -0.4 is 0 Å². The molecule has 0 aromatic heterocycles. The minimum atomic E-state index is -3.83. The average molecular weight is 170 g/mol. The predicted molar refractivity (Wildman–Crippen MR) is 19.9 cm³/mol. The average Bonchev–Trinajstić information content (AvgIpc) is 1.64. The lowest BCUT2D eigenvalue weighted by atomic mass is 10.4. The number of hydrogen-bond acceptors (Lipinski definition) is 1. The van der Waals surface area contributed by atoms with E-state index in [0.29, 0.717) is 0 Å². The van der Waals surface area contributed by atoms with Gasteiger partial charge in [-0.3, -0.25) is 0 Å². The van der Waals surface area contributed by atoms with Crippen LogP contribution in [-0.2, 0) is 5.15 Å². The quantitative estimate of drug-likeness (QED) is 0.549. The van der Waals surface area contributed by atoms with Gasteiger partial charge in [-0.2, -0.15) is 0 Å². The summed E-state index contributed by atoms with van der Waals surface area (Å²) in [6, 6.07) is 0. The van der Waals surface area contributed by atoms with Gasteiger partial charge in [0.15, 0.2) is 0 Å². The normalized spacial score (nSPS) is 10.8. The fourth-order valence-corrected chi connectivity index (χ4v) is 0. The Balaban J connectivity index is 0. The van der Waals surface area contributed by atoms with Gasteiger partial charge in [0.1, 0.15) is 0 Å². The van der Waals surface area contributed by atoms with E-state index in [9.17, 15) is 17.6 Å². The molecule has 0 bridgehead atoms. The van der Waals surface area contributed by atoms with E-state index in [4.69, 9.17) is 9.05 Å². The van der Waals surface area contributed by atoms with Crippen LogP contribution in [-0.4, -0.2) is 12.3 Å². The number of alkyl halides is 4. The molecule has 0 radical (unpaired) electrons. The Hall–Kier alpha value is -0.460. The summed E-state index contributed by atoms with van der Waals surface area (Å²) in [5.41, 5.74) is 0. The molecule has 0 saturated carbocycles. The van der Waals surface area contributed by atoms with Crippen LogP contribution >= 0.6 is 0 Å². The van der Waals surface area contributed by atoms with E-state index in [-0.39, 0.29) is 6.92 Å². The number of halogens is 6. The molecule has 7 heteroatoms. The lowest BCUT2D eigenvalue weighted by Gasteiger charge is -2.05. The highest BCUT2D eigenvalue weighted by atomic mass is 19.6. The minimum Gasteiger partial charge on any atom is -0.204 e. The van der Waals surface area contributed by atoms with Gasteiger partial charge >= 0.3 is 12.3 Å². The van der Waals surface area contributed by atoms with Crippen LogP contribution in [0.5, 0.6) is 0 Å². The van der Waals surface area contributed by atoms with Crippen LogP contribution in [0.3, 0.4) is 0 Å². The largest absolute Gasteiger partial charge is 0.304 e. The highest BCUT2D eigenvalue weighted by Crippen LogP contribution is 2.20. The summed E-state index contributed by atoms with van der Waals surface area (Å²) < 4.78 is 62.0. The first-order chi connectivity index (χ1) is 4.36. The summed E-state index contributed by atoms with van der Waals surface area (Å²) in [5.74, 6) is -3.83. The van der Waals surface area contributed by atoms with E-state index >= 15 is 0 Å². The number of rotatable bonds is 1. The summed E-state index contributed by atoms with van der Waals surface area (Å²) in [7, 11) is 0. The maximum atomic E-state index is 11.1. The van der Waals surface area contributed by atoms with Gasteiger partial charge in [-0.15, -0.1) is 0 Å². The summed E-state index contributed by atoms with van der Waals surface area (Å²) in [5, 5.41) is 1.25. The van der Waals surface area contributed by atoms with Crippen molar-refractivity contribution in [2.45, 2.75) is 19.3 Å². The SMILES string of the molecule is CC(F)(F)C(F)F.FOF. The zero-order valence-corrected chi connectivity index (χ0v) is 4.75. The van der Waals surface area contributed by atoms with Crippen molar-refractivity contribution in [3.63, 3.8) is 0 Å². The fourth-order valence-electron chi connectivity index (χ4n) is 0. The molecule has 0 aliphatic rings. The first-order valence-electron chi connectivity index (χ1n) is 1.91. The summed E-state index contributed by atoms with van der Waals surface area (Å²) >= 11 is 0. The summed E-state index contributed by atoms with van der Waals surface area (Å²) in [4.78, 5) is 0. The molecule has 0 spiro atoms. The van der Waals surface area contributed by atoms with E-state index in [0.717, 1.165) is 0 Å². The van der Waals surface area contributed by atoms with Gasteiger partial charge in [0.2, 0.25) is 0 Å². The highest BCUT2D eigenvalue weighted by Gasteiger charge is 2.33. The lowest BCUT2D eigenvalue weighted by Crippen LogP contribution is -2.20. The maximum absolute atomic E-state index is 11.1. The second-order valence-corrected chi connectivity index (χ2v) is 1.32. The van der Waals surface area contributed by atoms with E-state index in [2.05, 4.69) is 0 Å². The Kier molecular flexibility index (Phi) is 6.53. The first-order valence-corrected chi connectivity index (χ1v) is 1.91. The Morgan fingerprint density at radius 3 is 1.30 bits per heavy atom. The van der Waals surface area contributed by atoms with Crippen molar-refractivity contribution in [3.8, 4) is 0 Å². The molecule has 0 aromatic rings. The third-order valence-electron chi connectivity index (χ3n) is 0.383. The van der Waals surface area contributed by atoms with Crippen LogP contribution in [0.15, 0.2) is 0 Å².